The molecular formula is C9H22N2O2. The van der Waals surface area contributed by atoms with Crippen LogP contribution in [0.4, 0.5) is 0 Å². The summed E-state index contributed by atoms with van der Waals surface area (Å²) in [5.41, 5.74) is 5.61. The molecule has 4 N–H and O–H groups in total. The maximum Gasteiger partial charge on any atom is 0.0503 e. The van der Waals surface area contributed by atoms with E-state index >= 15 is 0 Å². The fraction of sp³-hybridized carbons (Fsp3) is 1.00. The van der Waals surface area contributed by atoms with Gasteiger partial charge in [-0.3, -0.25) is 0 Å². The van der Waals surface area contributed by atoms with E-state index in [0.29, 0.717) is 19.1 Å². The van der Waals surface area contributed by atoms with Crippen LogP contribution in [-0.4, -0.2) is 44.6 Å². The molecule has 0 aliphatic carbocycles. The second kappa shape index (κ2) is 8.44. The minimum absolute atomic E-state index is 0.225. The monoisotopic (exact) mass is 190 g/mol. The van der Waals surface area contributed by atoms with Crippen molar-refractivity contribution in [2.75, 3.05) is 33.4 Å². The van der Waals surface area contributed by atoms with Crippen molar-refractivity contribution in [2.24, 2.45) is 11.7 Å². The van der Waals surface area contributed by atoms with Gasteiger partial charge in [0.05, 0.1) is 6.61 Å². The summed E-state index contributed by atoms with van der Waals surface area (Å²) in [7, 11) is 1.69. The summed E-state index contributed by atoms with van der Waals surface area (Å²) < 4.78 is 5.05. The summed E-state index contributed by atoms with van der Waals surface area (Å²) in [6.45, 7) is 4.46. The van der Waals surface area contributed by atoms with E-state index < -0.39 is 0 Å². The van der Waals surface area contributed by atoms with Crippen molar-refractivity contribution < 1.29 is 9.84 Å². The van der Waals surface area contributed by atoms with Crippen LogP contribution < -0.4 is 11.1 Å². The van der Waals surface area contributed by atoms with E-state index in [9.17, 15) is 0 Å². The van der Waals surface area contributed by atoms with Crippen LogP contribution in [0.25, 0.3) is 0 Å². The van der Waals surface area contributed by atoms with Crippen LogP contribution in [0.1, 0.15) is 13.3 Å². The van der Waals surface area contributed by atoms with E-state index in [2.05, 4.69) is 12.2 Å². The van der Waals surface area contributed by atoms with Crippen molar-refractivity contribution in [3.8, 4) is 0 Å². The highest BCUT2D eigenvalue weighted by Gasteiger charge is 2.13. The zero-order valence-corrected chi connectivity index (χ0v) is 8.62. The minimum atomic E-state index is 0.225. The van der Waals surface area contributed by atoms with Gasteiger partial charge >= 0.3 is 0 Å². The van der Waals surface area contributed by atoms with Gasteiger partial charge in [-0.15, -0.1) is 0 Å². The molecule has 0 bridgehead atoms. The van der Waals surface area contributed by atoms with Gasteiger partial charge in [0.15, 0.2) is 0 Å². The molecule has 0 aromatic rings. The number of methoxy groups -OCH3 is 1. The number of nitrogens with two attached hydrogens (primary N) is 1. The average molecular weight is 190 g/mol. The average Bonchev–Trinajstić information content (AvgIpc) is 2.13. The lowest BCUT2D eigenvalue weighted by molar-refractivity contribution is 0.139. The number of aliphatic hydroxyl groups excluding tert-OH is 1. The van der Waals surface area contributed by atoms with E-state index in [4.69, 9.17) is 15.6 Å². The lowest BCUT2D eigenvalue weighted by Gasteiger charge is -2.23. The number of hydrogen-bond acceptors (Lipinski definition) is 4. The first-order chi connectivity index (χ1) is 6.26. The Bertz CT molecular complexity index is 112. The maximum absolute atomic E-state index is 8.60. The van der Waals surface area contributed by atoms with Crippen molar-refractivity contribution in [3.05, 3.63) is 0 Å². The Hall–Kier alpha value is -0.160. The maximum atomic E-state index is 8.60. The van der Waals surface area contributed by atoms with Crippen molar-refractivity contribution >= 4 is 0 Å². The molecule has 0 amide bonds. The SMILES string of the molecule is COCC(C)C(CN)NCCCO. The van der Waals surface area contributed by atoms with Gasteiger partial charge in [-0.1, -0.05) is 6.92 Å². The molecule has 0 spiro atoms. The van der Waals surface area contributed by atoms with Gasteiger partial charge in [-0.2, -0.15) is 0 Å². The first kappa shape index (κ1) is 12.8. The van der Waals surface area contributed by atoms with Crippen LogP contribution in [0.15, 0.2) is 0 Å². The third-order valence-electron chi connectivity index (χ3n) is 2.11. The van der Waals surface area contributed by atoms with E-state index in [0.717, 1.165) is 13.0 Å². The Morgan fingerprint density at radius 3 is 2.69 bits per heavy atom. The molecule has 13 heavy (non-hydrogen) atoms. The molecule has 80 valence electrons. The molecule has 0 saturated carbocycles. The largest absolute Gasteiger partial charge is 0.396 e. The Morgan fingerprint density at radius 2 is 2.23 bits per heavy atom. The smallest absolute Gasteiger partial charge is 0.0503 e. The molecule has 0 rings (SSSR count). The van der Waals surface area contributed by atoms with Gasteiger partial charge in [-0.25, -0.2) is 0 Å². The van der Waals surface area contributed by atoms with Crippen LogP contribution in [0.2, 0.25) is 0 Å². The standard InChI is InChI=1S/C9H22N2O2/c1-8(7-13-2)9(6-10)11-4-3-5-12/h8-9,11-12H,3-7,10H2,1-2H3. The second-order valence-corrected chi connectivity index (χ2v) is 3.31. The minimum Gasteiger partial charge on any atom is -0.396 e. The molecule has 2 atom stereocenters. The molecule has 0 aliphatic heterocycles. The molecule has 0 fully saturated rings. The molecule has 0 aliphatic rings. The fourth-order valence-corrected chi connectivity index (χ4v) is 1.26. The Labute approximate surface area is 80.5 Å². The summed E-state index contributed by atoms with van der Waals surface area (Å²) >= 11 is 0. The molecular weight excluding hydrogens is 168 g/mol. The van der Waals surface area contributed by atoms with Gasteiger partial charge in [0.2, 0.25) is 0 Å². The van der Waals surface area contributed by atoms with Crippen LogP contribution in [0.5, 0.6) is 0 Å². The van der Waals surface area contributed by atoms with Crippen LogP contribution >= 0.6 is 0 Å². The lowest BCUT2D eigenvalue weighted by Crippen LogP contribution is -2.43. The van der Waals surface area contributed by atoms with E-state index in [-0.39, 0.29) is 12.6 Å². The molecule has 4 nitrogen and oxygen atoms in total. The van der Waals surface area contributed by atoms with Gasteiger partial charge in [0.1, 0.15) is 0 Å². The van der Waals surface area contributed by atoms with E-state index in [1.165, 1.54) is 0 Å². The zero-order chi connectivity index (χ0) is 10.1. The Balaban J connectivity index is 3.60. The third kappa shape index (κ3) is 5.99. The lowest BCUT2D eigenvalue weighted by atomic mass is 10.0. The Kier molecular flexibility index (Phi) is 8.33. The molecule has 0 saturated heterocycles. The van der Waals surface area contributed by atoms with Gasteiger partial charge in [0.25, 0.3) is 0 Å². The highest BCUT2D eigenvalue weighted by Crippen LogP contribution is 2.01. The quantitative estimate of drug-likeness (QED) is 0.454. The summed E-state index contributed by atoms with van der Waals surface area (Å²) in [5.74, 6) is 0.411. The number of rotatable bonds is 8. The normalized spacial score (nSPS) is 15.7. The van der Waals surface area contributed by atoms with Crippen molar-refractivity contribution in [2.45, 2.75) is 19.4 Å². The molecule has 2 unspecified atom stereocenters. The third-order valence-corrected chi connectivity index (χ3v) is 2.11. The van der Waals surface area contributed by atoms with Crippen LogP contribution in [0.3, 0.4) is 0 Å². The van der Waals surface area contributed by atoms with E-state index in [1.54, 1.807) is 7.11 Å². The van der Waals surface area contributed by atoms with Gasteiger partial charge in [0, 0.05) is 26.3 Å². The molecule has 4 heteroatoms. The summed E-state index contributed by atoms with van der Waals surface area (Å²) in [4.78, 5) is 0. The predicted molar refractivity (Wildman–Crippen MR) is 53.6 cm³/mol. The predicted octanol–water partition coefficient (Wildman–Crippen LogP) is -0.432. The Morgan fingerprint density at radius 1 is 1.54 bits per heavy atom. The molecule has 0 radical (unpaired) electrons. The van der Waals surface area contributed by atoms with Crippen molar-refractivity contribution in [3.63, 3.8) is 0 Å². The first-order valence-electron chi connectivity index (χ1n) is 4.79. The zero-order valence-electron chi connectivity index (χ0n) is 8.62. The highest BCUT2D eigenvalue weighted by molar-refractivity contribution is 4.73. The fourth-order valence-electron chi connectivity index (χ4n) is 1.26. The second-order valence-electron chi connectivity index (χ2n) is 3.31. The topological polar surface area (TPSA) is 67.5 Å². The number of ether oxygens (including phenoxy) is 1. The summed E-state index contributed by atoms with van der Waals surface area (Å²) in [5, 5.41) is 11.9. The van der Waals surface area contributed by atoms with Crippen molar-refractivity contribution in [1.29, 1.82) is 0 Å². The summed E-state index contributed by atoms with van der Waals surface area (Å²) in [6, 6.07) is 0.284. The van der Waals surface area contributed by atoms with E-state index in [1.807, 2.05) is 0 Å². The molecule has 0 heterocycles. The first-order valence-corrected chi connectivity index (χ1v) is 4.79. The van der Waals surface area contributed by atoms with Crippen LogP contribution in [0, 0.1) is 5.92 Å². The highest BCUT2D eigenvalue weighted by atomic mass is 16.5. The van der Waals surface area contributed by atoms with Crippen LogP contribution in [-0.2, 0) is 4.74 Å². The molecule has 0 aromatic heterocycles. The van der Waals surface area contributed by atoms with Gasteiger partial charge < -0.3 is 20.9 Å². The summed E-state index contributed by atoms with van der Waals surface area (Å²) in [6.07, 6.45) is 0.774. The molecule has 0 aromatic carbocycles. The van der Waals surface area contributed by atoms with Gasteiger partial charge in [-0.05, 0) is 18.9 Å². The number of hydrogen-bond donors (Lipinski definition) is 3. The number of aliphatic hydroxyl groups is 1. The number of nitrogens with one attached hydrogen (secondary N) is 1. The van der Waals surface area contributed by atoms with Crippen molar-refractivity contribution in [1.82, 2.24) is 5.32 Å².